The average Bonchev–Trinajstić information content (AvgIpc) is 2.17. The number of aromatic amines is 1. The number of hydrogen-bond donors (Lipinski definition) is 2. The second-order valence-electron chi connectivity index (χ2n) is 3.65. The molecule has 0 aliphatic carbocycles. The summed E-state index contributed by atoms with van der Waals surface area (Å²) < 4.78 is 0. The van der Waals surface area contributed by atoms with Crippen LogP contribution in [0.2, 0.25) is 0 Å². The molecule has 1 aromatic carbocycles. The molecule has 1 unspecified atom stereocenters. The second kappa shape index (κ2) is 3.82. The molecule has 78 valence electrons. The standard InChI is InChI=1S/C11H12N2O2/c1-7(14)4-8-2-3-9-10(5-8)12-6-11(15)13-9/h2-3,5-7,14H,4H2,1H3,(H,13,15). The first-order valence-electron chi connectivity index (χ1n) is 4.81. The molecule has 0 saturated carbocycles. The highest BCUT2D eigenvalue weighted by molar-refractivity contribution is 5.74. The number of hydrogen-bond acceptors (Lipinski definition) is 3. The second-order valence-corrected chi connectivity index (χ2v) is 3.65. The van der Waals surface area contributed by atoms with Crippen LogP contribution in [-0.2, 0) is 6.42 Å². The highest BCUT2D eigenvalue weighted by Gasteiger charge is 2.01. The van der Waals surface area contributed by atoms with Crippen molar-refractivity contribution >= 4 is 11.0 Å². The summed E-state index contributed by atoms with van der Waals surface area (Å²) in [7, 11) is 0. The largest absolute Gasteiger partial charge is 0.393 e. The topological polar surface area (TPSA) is 66.0 Å². The molecule has 0 amide bonds. The highest BCUT2D eigenvalue weighted by atomic mass is 16.3. The van der Waals surface area contributed by atoms with Gasteiger partial charge in [-0.1, -0.05) is 6.07 Å². The SMILES string of the molecule is CC(O)Cc1ccc2[nH]c(=O)cnc2c1. The summed E-state index contributed by atoms with van der Waals surface area (Å²) in [6.07, 6.45) is 1.48. The number of benzene rings is 1. The van der Waals surface area contributed by atoms with E-state index >= 15 is 0 Å². The van der Waals surface area contributed by atoms with Gasteiger partial charge in [-0.3, -0.25) is 4.79 Å². The van der Waals surface area contributed by atoms with Gasteiger partial charge in [0.05, 0.1) is 23.3 Å². The number of fused-ring (bicyclic) bond motifs is 1. The summed E-state index contributed by atoms with van der Waals surface area (Å²) in [5, 5.41) is 9.24. The molecule has 2 N–H and O–H groups in total. The molecular formula is C11H12N2O2. The fourth-order valence-electron chi connectivity index (χ4n) is 1.55. The summed E-state index contributed by atoms with van der Waals surface area (Å²) >= 11 is 0. The van der Waals surface area contributed by atoms with E-state index in [0.29, 0.717) is 6.42 Å². The van der Waals surface area contributed by atoms with Gasteiger partial charge in [-0.2, -0.15) is 0 Å². The van der Waals surface area contributed by atoms with E-state index in [1.165, 1.54) is 6.20 Å². The molecule has 1 atom stereocenters. The summed E-state index contributed by atoms with van der Waals surface area (Å²) in [5.74, 6) is 0. The normalized spacial score (nSPS) is 12.9. The molecule has 15 heavy (non-hydrogen) atoms. The molecule has 1 heterocycles. The Balaban J connectivity index is 2.47. The molecule has 0 aliphatic heterocycles. The van der Waals surface area contributed by atoms with Crippen LogP contribution in [0.3, 0.4) is 0 Å². The van der Waals surface area contributed by atoms with Crippen molar-refractivity contribution in [3.8, 4) is 0 Å². The smallest absolute Gasteiger partial charge is 0.266 e. The Morgan fingerprint density at radius 2 is 2.33 bits per heavy atom. The molecule has 0 spiro atoms. The van der Waals surface area contributed by atoms with Crippen LogP contribution in [0, 0.1) is 0 Å². The van der Waals surface area contributed by atoms with Gasteiger partial charge < -0.3 is 10.1 Å². The minimum atomic E-state index is -0.370. The van der Waals surface area contributed by atoms with Crippen LogP contribution in [-0.4, -0.2) is 21.2 Å². The van der Waals surface area contributed by atoms with Crippen LogP contribution in [0.4, 0.5) is 0 Å². The maximum atomic E-state index is 11.0. The predicted molar refractivity (Wildman–Crippen MR) is 57.7 cm³/mol. The van der Waals surface area contributed by atoms with Crippen LogP contribution >= 0.6 is 0 Å². The number of aliphatic hydroxyl groups is 1. The zero-order chi connectivity index (χ0) is 10.8. The number of aromatic nitrogens is 2. The van der Waals surface area contributed by atoms with E-state index in [1.54, 1.807) is 13.0 Å². The fraction of sp³-hybridized carbons (Fsp3) is 0.273. The quantitative estimate of drug-likeness (QED) is 0.762. The third kappa shape index (κ3) is 2.22. The van der Waals surface area contributed by atoms with Crippen molar-refractivity contribution in [2.75, 3.05) is 0 Å². The van der Waals surface area contributed by atoms with Crippen molar-refractivity contribution in [2.45, 2.75) is 19.4 Å². The van der Waals surface area contributed by atoms with Crippen molar-refractivity contribution < 1.29 is 5.11 Å². The zero-order valence-corrected chi connectivity index (χ0v) is 8.40. The van der Waals surface area contributed by atoms with Gasteiger partial charge in [-0.25, -0.2) is 4.98 Å². The molecule has 4 heteroatoms. The average molecular weight is 204 g/mol. The molecule has 0 saturated heterocycles. The lowest BCUT2D eigenvalue weighted by molar-refractivity contribution is 0.195. The number of nitrogens with zero attached hydrogens (tertiary/aromatic N) is 1. The third-order valence-electron chi connectivity index (χ3n) is 2.17. The van der Waals surface area contributed by atoms with E-state index in [1.807, 2.05) is 12.1 Å². The van der Waals surface area contributed by atoms with Crippen LogP contribution < -0.4 is 5.56 Å². The minimum absolute atomic E-state index is 0.203. The summed E-state index contributed by atoms with van der Waals surface area (Å²) in [4.78, 5) is 17.7. The monoisotopic (exact) mass is 204 g/mol. The van der Waals surface area contributed by atoms with Gasteiger partial charge in [0.15, 0.2) is 0 Å². The van der Waals surface area contributed by atoms with Gasteiger partial charge >= 0.3 is 0 Å². The minimum Gasteiger partial charge on any atom is -0.393 e. The molecule has 0 aliphatic rings. The molecule has 0 bridgehead atoms. The van der Waals surface area contributed by atoms with E-state index < -0.39 is 0 Å². The molecule has 4 nitrogen and oxygen atoms in total. The highest BCUT2D eigenvalue weighted by Crippen LogP contribution is 2.11. The van der Waals surface area contributed by atoms with Gasteiger partial charge in [0.25, 0.3) is 5.56 Å². The first-order valence-corrected chi connectivity index (χ1v) is 4.81. The molecule has 0 fully saturated rings. The number of nitrogens with one attached hydrogen (secondary N) is 1. The van der Waals surface area contributed by atoms with Crippen molar-refractivity contribution in [1.29, 1.82) is 0 Å². The van der Waals surface area contributed by atoms with E-state index in [0.717, 1.165) is 16.6 Å². The maximum absolute atomic E-state index is 11.0. The lowest BCUT2D eigenvalue weighted by Gasteiger charge is -2.04. The Morgan fingerprint density at radius 3 is 3.07 bits per heavy atom. The van der Waals surface area contributed by atoms with E-state index in [4.69, 9.17) is 0 Å². The predicted octanol–water partition coefficient (Wildman–Crippen LogP) is 0.846. The third-order valence-corrected chi connectivity index (χ3v) is 2.17. The lowest BCUT2D eigenvalue weighted by Crippen LogP contribution is -2.07. The molecule has 1 aromatic heterocycles. The van der Waals surface area contributed by atoms with Crippen molar-refractivity contribution in [3.63, 3.8) is 0 Å². The van der Waals surface area contributed by atoms with Gasteiger partial charge in [0, 0.05) is 0 Å². The van der Waals surface area contributed by atoms with E-state index in [-0.39, 0.29) is 11.7 Å². The van der Waals surface area contributed by atoms with Crippen molar-refractivity contribution in [3.05, 3.63) is 40.3 Å². The molecule has 2 aromatic rings. The molecule has 0 radical (unpaired) electrons. The van der Waals surface area contributed by atoms with Crippen LogP contribution in [0.5, 0.6) is 0 Å². The summed E-state index contributed by atoms with van der Waals surface area (Å²) in [6, 6.07) is 5.56. The first-order chi connectivity index (χ1) is 7.15. The fourth-order valence-corrected chi connectivity index (χ4v) is 1.55. The zero-order valence-electron chi connectivity index (χ0n) is 8.40. The Hall–Kier alpha value is -1.68. The first kappa shape index (κ1) is 9.86. The van der Waals surface area contributed by atoms with Gasteiger partial charge in [-0.15, -0.1) is 0 Å². The lowest BCUT2D eigenvalue weighted by atomic mass is 10.1. The van der Waals surface area contributed by atoms with Gasteiger partial charge in [0.1, 0.15) is 0 Å². The Bertz CT molecular complexity index is 531. The number of aliphatic hydroxyl groups excluding tert-OH is 1. The van der Waals surface area contributed by atoms with Crippen LogP contribution in [0.1, 0.15) is 12.5 Å². The number of H-pyrrole nitrogens is 1. The molecule has 2 rings (SSSR count). The Kier molecular flexibility index (Phi) is 2.51. The van der Waals surface area contributed by atoms with Crippen molar-refractivity contribution in [2.24, 2.45) is 0 Å². The van der Waals surface area contributed by atoms with Gasteiger partial charge in [-0.05, 0) is 31.0 Å². The Labute approximate surface area is 86.6 Å². The van der Waals surface area contributed by atoms with E-state index in [2.05, 4.69) is 9.97 Å². The van der Waals surface area contributed by atoms with E-state index in [9.17, 15) is 9.90 Å². The Morgan fingerprint density at radius 1 is 1.53 bits per heavy atom. The maximum Gasteiger partial charge on any atom is 0.266 e. The van der Waals surface area contributed by atoms with Crippen LogP contribution in [0.25, 0.3) is 11.0 Å². The summed E-state index contributed by atoms with van der Waals surface area (Å²) in [6.45, 7) is 1.74. The van der Waals surface area contributed by atoms with Gasteiger partial charge in [0.2, 0.25) is 0 Å². The van der Waals surface area contributed by atoms with Crippen molar-refractivity contribution in [1.82, 2.24) is 9.97 Å². The molecular weight excluding hydrogens is 192 g/mol. The van der Waals surface area contributed by atoms with Crippen LogP contribution in [0.15, 0.2) is 29.2 Å². The summed E-state index contributed by atoms with van der Waals surface area (Å²) in [5.41, 5.74) is 2.27. The number of rotatable bonds is 2.